The molecule has 10 heteroatoms. The molecule has 0 bridgehead atoms. The molecule has 33 heavy (non-hydrogen) atoms. The van der Waals surface area contributed by atoms with E-state index in [0.29, 0.717) is 15.5 Å². The molecule has 0 unspecified atom stereocenters. The second-order valence-electron chi connectivity index (χ2n) is 6.48. The molecule has 0 aliphatic heterocycles. The first-order valence-corrected chi connectivity index (χ1v) is 10.8. The third-order valence-corrected chi connectivity index (χ3v) is 4.95. The van der Waals surface area contributed by atoms with Gasteiger partial charge in [-0.25, -0.2) is 4.39 Å². The fourth-order valence-corrected chi connectivity index (χ4v) is 3.17. The molecule has 2 aromatic heterocycles. The Morgan fingerprint density at radius 1 is 1.18 bits per heavy atom. The van der Waals surface area contributed by atoms with E-state index in [-0.39, 0.29) is 17.0 Å². The summed E-state index contributed by atoms with van der Waals surface area (Å²) in [7, 11) is 0. The number of rotatable bonds is 8. The van der Waals surface area contributed by atoms with Crippen LogP contribution in [0, 0.1) is 12.4 Å². The number of primary amides is 1. The van der Waals surface area contributed by atoms with Crippen molar-refractivity contribution in [1.82, 2.24) is 9.55 Å². The zero-order valence-electron chi connectivity index (χ0n) is 16.9. The van der Waals surface area contributed by atoms with Crippen LogP contribution in [0.4, 0.5) is 10.1 Å². The standard InChI is InChI=1S/C23H16FN4O4.W/c1-15(4-3-13-32-18-10-11-26-20(14-18)21(25)29)22(30)27-19-5-2-12-28(23(19)31)17-8-6-16(24)7-9-17;/h1-12,14H,(H2,25,29)(H,27,30);/q-1;/b4-3-;. The van der Waals surface area contributed by atoms with Crippen molar-refractivity contribution in [3.63, 3.8) is 0 Å². The van der Waals surface area contributed by atoms with Gasteiger partial charge in [0.2, 0.25) is 0 Å². The summed E-state index contributed by atoms with van der Waals surface area (Å²) in [5.74, 6) is -1.46. The van der Waals surface area contributed by atoms with Gasteiger partial charge in [0.25, 0.3) is 0 Å². The van der Waals surface area contributed by atoms with Gasteiger partial charge in [-0.1, -0.05) is 0 Å². The molecule has 0 spiro atoms. The number of nitrogens with one attached hydrogen (secondary N) is 1. The van der Waals surface area contributed by atoms with Crippen molar-refractivity contribution in [2.24, 2.45) is 5.73 Å². The van der Waals surface area contributed by atoms with Crippen LogP contribution in [0.25, 0.3) is 5.69 Å². The molecule has 0 saturated carbocycles. The fraction of sp³-hybridized carbons (Fsp3) is 0. The van der Waals surface area contributed by atoms with Crippen LogP contribution in [-0.4, -0.2) is 25.4 Å². The monoisotopic (exact) mass is 615 g/mol. The number of nitrogens with zero attached hydrogens (tertiary/aromatic N) is 2. The number of halogens is 1. The van der Waals surface area contributed by atoms with Gasteiger partial charge in [-0.3, -0.25) is 0 Å². The van der Waals surface area contributed by atoms with Crippen LogP contribution in [0.2, 0.25) is 0 Å². The van der Waals surface area contributed by atoms with Gasteiger partial charge in [-0.2, -0.15) is 0 Å². The first-order chi connectivity index (χ1) is 15.7. The Hall–Kier alpha value is -3.97. The Bertz CT molecular complexity index is 1330. The number of ether oxygens (including phenoxy) is 1. The van der Waals surface area contributed by atoms with Crippen LogP contribution in [0.3, 0.4) is 0 Å². The second kappa shape index (κ2) is 10.6. The number of carbonyl (C=O) groups excluding carboxylic acids is 2. The van der Waals surface area contributed by atoms with Crippen LogP contribution >= 0.6 is 0 Å². The van der Waals surface area contributed by atoms with Crippen molar-refractivity contribution < 1.29 is 38.1 Å². The molecule has 0 radical (unpaired) electrons. The second-order valence-corrected chi connectivity index (χ2v) is 7.92. The van der Waals surface area contributed by atoms with Crippen molar-refractivity contribution in [3.8, 4) is 11.4 Å². The molecular weight excluding hydrogens is 599 g/mol. The minimum atomic E-state index is -0.692. The summed E-state index contributed by atoms with van der Waals surface area (Å²) in [6, 6.07) is 11.3. The van der Waals surface area contributed by atoms with Crippen LogP contribution < -0.4 is 21.3 Å². The quantitative estimate of drug-likeness (QED) is 0.229. The predicted molar refractivity (Wildman–Crippen MR) is 116 cm³/mol. The maximum atomic E-state index is 13.1. The molecule has 0 aliphatic rings. The summed E-state index contributed by atoms with van der Waals surface area (Å²) in [6.45, 7) is 5.82. The number of hydrogen-bond donors (Lipinski definition) is 2. The van der Waals surface area contributed by atoms with Gasteiger partial charge in [0.1, 0.15) is 5.82 Å². The summed E-state index contributed by atoms with van der Waals surface area (Å²) in [6.07, 6.45) is 5.69. The van der Waals surface area contributed by atoms with Gasteiger partial charge in [0, 0.05) is 0 Å². The molecule has 8 nitrogen and oxygen atoms in total. The number of aromatic nitrogens is 2. The van der Waals surface area contributed by atoms with Gasteiger partial charge >= 0.3 is 189 Å². The van der Waals surface area contributed by atoms with Crippen LogP contribution in [0.1, 0.15) is 10.5 Å². The topological polar surface area (TPSA) is 116 Å². The minimum absolute atomic E-state index is 0.00141. The zero-order valence-corrected chi connectivity index (χ0v) is 19.8. The first kappa shape index (κ1) is 23.7. The maximum absolute atomic E-state index is 13.1. The summed E-state index contributed by atoms with van der Waals surface area (Å²) in [4.78, 5) is 40.1. The fourth-order valence-electron chi connectivity index (χ4n) is 2.58. The molecule has 2 amide bonds. The van der Waals surface area contributed by atoms with E-state index in [4.69, 9.17) is 17.0 Å². The number of hydrogen-bond acceptors (Lipinski definition) is 5. The van der Waals surface area contributed by atoms with Gasteiger partial charge in [0.05, 0.1) is 0 Å². The zero-order chi connectivity index (χ0) is 24.0. The Kier molecular flexibility index (Phi) is 7.58. The summed E-state index contributed by atoms with van der Waals surface area (Å²) < 4.78 is 20.4. The van der Waals surface area contributed by atoms with E-state index >= 15 is 0 Å². The average molecular weight is 615 g/mol. The third-order valence-electron chi connectivity index (χ3n) is 4.16. The van der Waals surface area contributed by atoms with Gasteiger partial charge in [0.15, 0.2) is 0 Å². The molecule has 0 saturated heterocycles. The molecule has 0 aliphatic carbocycles. The Morgan fingerprint density at radius 2 is 1.91 bits per heavy atom. The van der Waals surface area contributed by atoms with E-state index in [1.807, 2.05) is 0 Å². The van der Waals surface area contributed by atoms with Crippen molar-refractivity contribution in [2.45, 2.75) is 0 Å². The number of carbonyl (C=O) groups is 2. The Balaban J connectivity index is 1.66. The van der Waals surface area contributed by atoms with Gasteiger partial charge in [-0.15, -0.1) is 0 Å². The SMILES string of the molecule is [CH-]=C(/C=C\[C](=[W])Oc1ccnc(C(N)=O)c1)C(=O)Nc1cccn(-c2ccc(F)cc2)c1=O. The van der Waals surface area contributed by atoms with Crippen LogP contribution in [-0.2, 0) is 24.1 Å². The molecular formula is C23H16FN4O4W-. The Morgan fingerprint density at radius 3 is 2.61 bits per heavy atom. The van der Waals surface area contributed by atoms with Gasteiger partial charge in [-0.05, 0) is 0 Å². The van der Waals surface area contributed by atoms with Crippen LogP contribution in [0.5, 0.6) is 5.75 Å². The molecule has 0 fully saturated rings. The van der Waals surface area contributed by atoms with E-state index in [2.05, 4.69) is 10.3 Å². The van der Waals surface area contributed by atoms with Crippen LogP contribution in [0.15, 0.2) is 83.4 Å². The molecule has 0 atom stereocenters. The van der Waals surface area contributed by atoms with E-state index in [9.17, 15) is 18.8 Å². The normalized spacial score (nSPS) is 10.6. The number of pyridine rings is 2. The predicted octanol–water partition coefficient (Wildman–Crippen LogP) is 2.08. The van der Waals surface area contributed by atoms with E-state index in [1.54, 1.807) is 12.1 Å². The van der Waals surface area contributed by atoms with E-state index in [1.165, 1.54) is 65.5 Å². The summed E-state index contributed by atoms with van der Waals surface area (Å²) >= 11 is 0.928. The molecule has 2 heterocycles. The summed E-state index contributed by atoms with van der Waals surface area (Å²) in [5, 5.41) is 2.46. The molecule has 1 aromatic carbocycles. The molecule has 166 valence electrons. The third kappa shape index (κ3) is 6.27. The summed E-state index contributed by atoms with van der Waals surface area (Å²) in [5.41, 5.74) is 5.02. The molecule has 3 rings (SSSR count). The first-order valence-electron chi connectivity index (χ1n) is 9.32. The number of nitrogens with two attached hydrogens (primary N) is 1. The Labute approximate surface area is 198 Å². The molecule has 3 N–H and O–H groups in total. The van der Waals surface area contributed by atoms with E-state index in [0.717, 1.165) is 19.4 Å². The number of amides is 2. The van der Waals surface area contributed by atoms with Gasteiger partial charge < -0.3 is 0 Å². The number of benzene rings is 1. The molecule has 3 aromatic rings. The van der Waals surface area contributed by atoms with Crippen molar-refractivity contribution in [1.29, 1.82) is 0 Å². The van der Waals surface area contributed by atoms with Crippen molar-refractivity contribution >= 4 is 21.6 Å². The average Bonchev–Trinajstić information content (AvgIpc) is 2.79. The van der Waals surface area contributed by atoms with E-state index < -0.39 is 23.2 Å². The van der Waals surface area contributed by atoms with Crippen molar-refractivity contribution in [2.75, 3.05) is 5.32 Å². The van der Waals surface area contributed by atoms with Crippen molar-refractivity contribution in [3.05, 3.63) is 107 Å². The number of anilines is 1.